The number of carbonyl (C=O) groups is 1. The fourth-order valence-electron chi connectivity index (χ4n) is 1.92. The molecule has 0 aromatic heterocycles. The summed E-state index contributed by atoms with van der Waals surface area (Å²) in [5.74, 6) is 0.915. The number of hydrogen-bond donors (Lipinski definition) is 2. The van der Waals surface area contributed by atoms with Crippen molar-refractivity contribution in [3.8, 4) is 0 Å². The molecule has 1 aliphatic rings. The number of amides is 1. The van der Waals surface area contributed by atoms with Crippen LogP contribution in [0.1, 0.15) is 47.0 Å². The van der Waals surface area contributed by atoms with Gasteiger partial charge in [0.1, 0.15) is 0 Å². The summed E-state index contributed by atoms with van der Waals surface area (Å²) in [6.07, 6.45) is 2.80. The van der Waals surface area contributed by atoms with Crippen LogP contribution in [0.25, 0.3) is 0 Å². The maximum Gasteiger partial charge on any atom is 0.223 e. The Morgan fingerprint density at radius 2 is 2.06 bits per heavy atom. The van der Waals surface area contributed by atoms with Crippen LogP contribution in [0.2, 0.25) is 0 Å². The van der Waals surface area contributed by atoms with Crippen LogP contribution in [0, 0.1) is 17.3 Å². The largest absolute Gasteiger partial charge is 0.355 e. The zero-order chi connectivity index (χ0) is 12.3. The molecule has 3 heteroatoms. The van der Waals surface area contributed by atoms with E-state index in [0.717, 1.165) is 25.8 Å². The van der Waals surface area contributed by atoms with Crippen molar-refractivity contribution in [1.82, 2.24) is 5.32 Å². The summed E-state index contributed by atoms with van der Waals surface area (Å²) in [7, 11) is 0. The topological polar surface area (TPSA) is 55.1 Å². The van der Waals surface area contributed by atoms with E-state index in [4.69, 9.17) is 5.73 Å². The first-order chi connectivity index (χ1) is 7.33. The fraction of sp³-hybridized carbons (Fsp3) is 0.923. The van der Waals surface area contributed by atoms with Crippen LogP contribution < -0.4 is 11.1 Å². The summed E-state index contributed by atoms with van der Waals surface area (Å²) in [6, 6.07) is 0.230. The van der Waals surface area contributed by atoms with Gasteiger partial charge in [-0.3, -0.25) is 4.79 Å². The zero-order valence-electron chi connectivity index (χ0n) is 11.0. The lowest BCUT2D eigenvalue weighted by molar-refractivity contribution is -0.125. The minimum absolute atomic E-state index is 0.151. The Labute approximate surface area is 99.2 Å². The monoisotopic (exact) mass is 226 g/mol. The Morgan fingerprint density at radius 1 is 1.44 bits per heavy atom. The number of nitrogens with two attached hydrogens (primary N) is 1. The van der Waals surface area contributed by atoms with Crippen LogP contribution >= 0.6 is 0 Å². The molecule has 0 aromatic carbocycles. The summed E-state index contributed by atoms with van der Waals surface area (Å²) >= 11 is 0. The van der Waals surface area contributed by atoms with Gasteiger partial charge in [0.05, 0.1) is 0 Å². The quantitative estimate of drug-likeness (QED) is 0.769. The minimum atomic E-state index is 0.151. The lowest BCUT2D eigenvalue weighted by atomic mass is 9.81. The van der Waals surface area contributed by atoms with Crippen molar-refractivity contribution >= 4 is 5.91 Å². The van der Waals surface area contributed by atoms with Crippen molar-refractivity contribution in [1.29, 1.82) is 0 Å². The second-order valence-electron chi connectivity index (χ2n) is 6.13. The molecule has 94 valence electrons. The molecule has 3 N–H and O–H groups in total. The van der Waals surface area contributed by atoms with E-state index in [1.807, 2.05) is 0 Å². The maximum absolute atomic E-state index is 11.9. The Bertz CT molecular complexity index is 248. The van der Waals surface area contributed by atoms with Gasteiger partial charge in [0, 0.05) is 18.5 Å². The molecule has 1 aliphatic carbocycles. The molecule has 1 amide bonds. The van der Waals surface area contributed by atoms with Gasteiger partial charge in [0.2, 0.25) is 5.91 Å². The highest BCUT2D eigenvalue weighted by molar-refractivity contribution is 5.79. The molecule has 0 heterocycles. The lowest BCUT2D eigenvalue weighted by Crippen LogP contribution is -2.39. The molecule has 16 heavy (non-hydrogen) atoms. The predicted octanol–water partition coefficient (Wildman–Crippen LogP) is 1.91. The van der Waals surface area contributed by atoms with Crippen LogP contribution in [0.4, 0.5) is 0 Å². The smallest absolute Gasteiger partial charge is 0.223 e. The van der Waals surface area contributed by atoms with Crippen LogP contribution in [-0.2, 0) is 4.79 Å². The highest BCUT2D eigenvalue weighted by Gasteiger charge is 2.29. The molecule has 2 unspecified atom stereocenters. The Kier molecular flexibility index (Phi) is 4.36. The first-order valence-electron chi connectivity index (χ1n) is 6.36. The van der Waals surface area contributed by atoms with E-state index in [1.54, 1.807) is 0 Å². The van der Waals surface area contributed by atoms with Crippen molar-refractivity contribution < 1.29 is 4.79 Å². The summed E-state index contributed by atoms with van der Waals surface area (Å²) < 4.78 is 0. The Hall–Kier alpha value is -0.570. The van der Waals surface area contributed by atoms with Crippen LogP contribution in [0.15, 0.2) is 0 Å². The molecule has 0 aromatic rings. The number of nitrogens with one attached hydrogen (secondary N) is 1. The predicted molar refractivity (Wildman–Crippen MR) is 66.9 cm³/mol. The Balaban J connectivity index is 2.35. The van der Waals surface area contributed by atoms with Crippen LogP contribution in [-0.4, -0.2) is 18.5 Å². The summed E-state index contributed by atoms with van der Waals surface area (Å²) in [6.45, 7) is 9.53. The number of rotatable bonds is 4. The first kappa shape index (κ1) is 13.5. The van der Waals surface area contributed by atoms with E-state index >= 15 is 0 Å². The van der Waals surface area contributed by atoms with E-state index in [-0.39, 0.29) is 23.3 Å². The highest BCUT2D eigenvalue weighted by Crippen LogP contribution is 2.27. The average molecular weight is 226 g/mol. The standard InChI is InChI=1S/C13H26N2O/c1-9(2)13(3,4)8-15-12(16)10-5-6-11(14)7-10/h9-11H,5-8,14H2,1-4H3,(H,15,16). The molecule has 0 spiro atoms. The van der Waals surface area contributed by atoms with Gasteiger partial charge in [-0.25, -0.2) is 0 Å². The SMILES string of the molecule is CC(C)C(C)(C)CNC(=O)C1CCC(N)C1. The lowest BCUT2D eigenvalue weighted by Gasteiger charge is -2.29. The van der Waals surface area contributed by atoms with E-state index in [0.29, 0.717) is 5.92 Å². The van der Waals surface area contributed by atoms with Gasteiger partial charge in [-0.2, -0.15) is 0 Å². The molecule has 0 bridgehead atoms. The van der Waals surface area contributed by atoms with Gasteiger partial charge in [0.15, 0.2) is 0 Å². The van der Waals surface area contributed by atoms with Gasteiger partial charge >= 0.3 is 0 Å². The van der Waals surface area contributed by atoms with Crippen molar-refractivity contribution in [2.45, 2.75) is 53.0 Å². The molecular formula is C13H26N2O. The van der Waals surface area contributed by atoms with Gasteiger partial charge in [-0.15, -0.1) is 0 Å². The van der Waals surface area contributed by atoms with Gasteiger partial charge in [-0.1, -0.05) is 27.7 Å². The fourth-order valence-corrected chi connectivity index (χ4v) is 1.92. The van der Waals surface area contributed by atoms with E-state index in [1.165, 1.54) is 0 Å². The van der Waals surface area contributed by atoms with Crippen molar-refractivity contribution in [2.24, 2.45) is 23.0 Å². The molecule has 1 rings (SSSR count). The Morgan fingerprint density at radius 3 is 2.50 bits per heavy atom. The zero-order valence-corrected chi connectivity index (χ0v) is 11.0. The molecule has 3 nitrogen and oxygen atoms in total. The molecular weight excluding hydrogens is 200 g/mol. The maximum atomic E-state index is 11.9. The van der Waals surface area contributed by atoms with Gasteiger partial charge < -0.3 is 11.1 Å². The van der Waals surface area contributed by atoms with Gasteiger partial charge in [-0.05, 0) is 30.6 Å². The normalized spacial score (nSPS) is 26.1. The van der Waals surface area contributed by atoms with E-state index in [9.17, 15) is 4.79 Å². The molecule has 0 radical (unpaired) electrons. The van der Waals surface area contributed by atoms with E-state index < -0.39 is 0 Å². The van der Waals surface area contributed by atoms with Crippen LogP contribution in [0.3, 0.4) is 0 Å². The summed E-state index contributed by atoms with van der Waals surface area (Å²) in [5, 5.41) is 3.07. The second kappa shape index (κ2) is 5.17. The van der Waals surface area contributed by atoms with Crippen molar-refractivity contribution in [3.63, 3.8) is 0 Å². The third-order valence-electron chi connectivity index (χ3n) is 4.13. The molecule has 1 saturated carbocycles. The van der Waals surface area contributed by atoms with Crippen LogP contribution in [0.5, 0.6) is 0 Å². The van der Waals surface area contributed by atoms with Gasteiger partial charge in [0.25, 0.3) is 0 Å². The molecule has 0 aliphatic heterocycles. The van der Waals surface area contributed by atoms with Crippen molar-refractivity contribution in [2.75, 3.05) is 6.54 Å². The minimum Gasteiger partial charge on any atom is -0.355 e. The second-order valence-corrected chi connectivity index (χ2v) is 6.13. The van der Waals surface area contributed by atoms with Crippen molar-refractivity contribution in [3.05, 3.63) is 0 Å². The average Bonchev–Trinajstić information content (AvgIpc) is 2.61. The molecule has 0 saturated heterocycles. The summed E-state index contributed by atoms with van der Waals surface area (Å²) in [4.78, 5) is 11.9. The number of carbonyl (C=O) groups excluding carboxylic acids is 1. The number of hydrogen-bond acceptors (Lipinski definition) is 2. The molecule has 2 atom stereocenters. The third kappa shape index (κ3) is 3.48. The first-order valence-corrected chi connectivity index (χ1v) is 6.36. The molecule has 1 fully saturated rings. The summed E-state index contributed by atoms with van der Waals surface area (Å²) in [5.41, 5.74) is 5.98. The highest BCUT2D eigenvalue weighted by atomic mass is 16.1. The third-order valence-corrected chi connectivity index (χ3v) is 4.13. The van der Waals surface area contributed by atoms with E-state index in [2.05, 4.69) is 33.0 Å².